The number of ether oxygens (including phenoxy) is 2. The van der Waals surface area contributed by atoms with E-state index >= 15 is 0 Å². The third-order valence-electron chi connectivity index (χ3n) is 3.85. The number of benzene rings is 2. The number of fused-ring (bicyclic) bond motifs is 1. The van der Waals surface area contributed by atoms with Crippen molar-refractivity contribution in [1.82, 2.24) is 4.98 Å². The quantitative estimate of drug-likeness (QED) is 0.574. The largest absolute Gasteiger partial charge is 0.496 e. The van der Waals surface area contributed by atoms with E-state index in [0.717, 1.165) is 10.9 Å². The third kappa shape index (κ3) is 3.01. The van der Waals surface area contributed by atoms with E-state index in [4.69, 9.17) is 9.47 Å². The lowest BCUT2D eigenvalue weighted by atomic mass is 10.1. The number of Topliss-reactive ketones (excluding diaryl/α,β-unsaturated/α-hetero) is 1. The highest BCUT2D eigenvalue weighted by atomic mass is 16.5. The molecule has 5 heteroatoms. The van der Waals surface area contributed by atoms with Gasteiger partial charge in [-0.25, -0.2) is 4.79 Å². The Morgan fingerprint density at radius 1 is 1.12 bits per heavy atom. The number of aromatic nitrogens is 1. The fourth-order valence-electron chi connectivity index (χ4n) is 2.57. The second-order valence-corrected chi connectivity index (χ2v) is 5.41. The van der Waals surface area contributed by atoms with Gasteiger partial charge in [0, 0.05) is 28.2 Å². The maximum absolute atomic E-state index is 12.4. The van der Waals surface area contributed by atoms with Gasteiger partial charge in [-0.2, -0.15) is 0 Å². The average molecular weight is 323 g/mol. The molecule has 1 aromatic heterocycles. The molecule has 24 heavy (non-hydrogen) atoms. The van der Waals surface area contributed by atoms with Crippen LogP contribution >= 0.6 is 0 Å². The minimum absolute atomic E-state index is 0.0304. The summed E-state index contributed by atoms with van der Waals surface area (Å²) >= 11 is 0. The lowest BCUT2D eigenvalue weighted by Crippen LogP contribution is -2.06. The lowest BCUT2D eigenvalue weighted by molar-refractivity contribution is 0.0472. The highest BCUT2D eigenvalue weighted by molar-refractivity contribution is 6.04. The summed E-state index contributed by atoms with van der Waals surface area (Å²) in [5, 5.41) is 0.812. The minimum atomic E-state index is -0.428. The Hall–Kier alpha value is -3.08. The van der Waals surface area contributed by atoms with Crippen molar-refractivity contribution >= 4 is 22.7 Å². The number of esters is 1. The molecule has 0 saturated carbocycles. The van der Waals surface area contributed by atoms with Gasteiger partial charge in [-0.15, -0.1) is 0 Å². The number of methoxy groups -OCH3 is 1. The van der Waals surface area contributed by atoms with Crippen molar-refractivity contribution in [1.29, 1.82) is 0 Å². The first kappa shape index (κ1) is 15.8. The van der Waals surface area contributed by atoms with Crippen LogP contribution in [-0.4, -0.2) is 23.8 Å². The molecule has 1 heterocycles. The summed E-state index contributed by atoms with van der Waals surface area (Å²) < 4.78 is 10.7. The molecule has 0 amide bonds. The van der Waals surface area contributed by atoms with E-state index in [-0.39, 0.29) is 12.4 Å². The number of hydrogen-bond acceptors (Lipinski definition) is 4. The summed E-state index contributed by atoms with van der Waals surface area (Å²) in [6.07, 6.45) is 1.64. The first-order valence-corrected chi connectivity index (χ1v) is 7.51. The van der Waals surface area contributed by atoms with Crippen LogP contribution in [-0.2, 0) is 11.3 Å². The van der Waals surface area contributed by atoms with E-state index in [2.05, 4.69) is 4.98 Å². The van der Waals surface area contributed by atoms with Crippen molar-refractivity contribution in [2.24, 2.45) is 0 Å². The van der Waals surface area contributed by atoms with Crippen molar-refractivity contribution in [2.45, 2.75) is 13.5 Å². The van der Waals surface area contributed by atoms with Gasteiger partial charge in [-0.3, -0.25) is 4.79 Å². The van der Waals surface area contributed by atoms with Gasteiger partial charge in [-0.1, -0.05) is 18.2 Å². The standard InChI is InChI=1S/C19H17NO4/c1-12(21)13-7-8-18(23-2)14(9-13)11-24-19(22)16-10-20-17-6-4-3-5-15(16)17/h3-10,20H,11H2,1-2H3. The van der Waals surface area contributed by atoms with Gasteiger partial charge in [0.25, 0.3) is 0 Å². The van der Waals surface area contributed by atoms with Crippen molar-refractivity contribution in [3.63, 3.8) is 0 Å². The first-order chi connectivity index (χ1) is 11.6. The maximum atomic E-state index is 12.4. The zero-order valence-electron chi connectivity index (χ0n) is 13.5. The molecule has 1 N–H and O–H groups in total. The molecule has 122 valence electrons. The monoisotopic (exact) mass is 323 g/mol. The van der Waals surface area contributed by atoms with E-state index in [1.165, 1.54) is 14.0 Å². The number of aromatic amines is 1. The van der Waals surface area contributed by atoms with Gasteiger partial charge in [0.15, 0.2) is 5.78 Å². The van der Waals surface area contributed by atoms with E-state index in [1.807, 2.05) is 24.3 Å². The summed E-state index contributed by atoms with van der Waals surface area (Å²) in [4.78, 5) is 26.9. The number of para-hydroxylation sites is 1. The number of hydrogen-bond donors (Lipinski definition) is 1. The normalized spacial score (nSPS) is 10.6. The van der Waals surface area contributed by atoms with Crippen LogP contribution in [0.15, 0.2) is 48.7 Å². The van der Waals surface area contributed by atoms with Crippen LogP contribution in [0.25, 0.3) is 10.9 Å². The van der Waals surface area contributed by atoms with Crippen molar-refractivity contribution in [3.8, 4) is 5.75 Å². The molecule has 2 aromatic carbocycles. The summed E-state index contributed by atoms with van der Waals surface area (Å²) in [6, 6.07) is 12.6. The molecular weight excluding hydrogens is 306 g/mol. The molecule has 3 aromatic rings. The second-order valence-electron chi connectivity index (χ2n) is 5.41. The van der Waals surface area contributed by atoms with Crippen LogP contribution in [0.4, 0.5) is 0 Å². The number of H-pyrrole nitrogens is 1. The molecule has 0 fully saturated rings. The number of carbonyl (C=O) groups is 2. The highest BCUT2D eigenvalue weighted by Gasteiger charge is 2.15. The molecule has 0 radical (unpaired) electrons. The Morgan fingerprint density at radius 2 is 1.92 bits per heavy atom. The van der Waals surface area contributed by atoms with Crippen LogP contribution in [0.1, 0.15) is 33.2 Å². The molecule has 0 unspecified atom stereocenters. The number of nitrogens with one attached hydrogen (secondary N) is 1. The Balaban J connectivity index is 1.81. The van der Waals surface area contributed by atoms with E-state index < -0.39 is 5.97 Å². The Bertz CT molecular complexity index is 911. The summed E-state index contributed by atoms with van der Waals surface area (Å²) in [6.45, 7) is 1.52. The van der Waals surface area contributed by atoms with Gasteiger partial charge in [0.2, 0.25) is 0 Å². The van der Waals surface area contributed by atoms with Crippen LogP contribution in [0, 0.1) is 0 Å². The Kier molecular flexibility index (Phi) is 4.33. The zero-order valence-corrected chi connectivity index (χ0v) is 13.5. The maximum Gasteiger partial charge on any atom is 0.340 e. The van der Waals surface area contributed by atoms with Crippen molar-refractivity contribution in [2.75, 3.05) is 7.11 Å². The smallest absolute Gasteiger partial charge is 0.340 e. The third-order valence-corrected chi connectivity index (χ3v) is 3.85. The Labute approximate surface area is 139 Å². The predicted molar refractivity (Wildman–Crippen MR) is 90.4 cm³/mol. The fourth-order valence-corrected chi connectivity index (χ4v) is 2.57. The molecule has 0 aliphatic heterocycles. The first-order valence-electron chi connectivity index (χ1n) is 7.51. The zero-order chi connectivity index (χ0) is 17.1. The lowest BCUT2D eigenvalue weighted by Gasteiger charge is -2.10. The van der Waals surface area contributed by atoms with E-state index in [9.17, 15) is 9.59 Å². The highest BCUT2D eigenvalue weighted by Crippen LogP contribution is 2.23. The van der Waals surface area contributed by atoms with Crippen LogP contribution in [0.3, 0.4) is 0 Å². The van der Waals surface area contributed by atoms with Gasteiger partial charge >= 0.3 is 5.97 Å². The van der Waals surface area contributed by atoms with E-state index in [0.29, 0.717) is 22.4 Å². The molecule has 0 atom stereocenters. The SMILES string of the molecule is COc1ccc(C(C)=O)cc1COC(=O)c1c[nH]c2ccccc12. The average Bonchev–Trinajstić information content (AvgIpc) is 3.03. The predicted octanol–water partition coefficient (Wildman–Crippen LogP) is 3.74. The summed E-state index contributed by atoms with van der Waals surface area (Å²) in [7, 11) is 1.54. The van der Waals surface area contributed by atoms with Crippen LogP contribution < -0.4 is 4.74 Å². The van der Waals surface area contributed by atoms with Gasteiger partial charge in [-0.05, 0) is 31.2 Å². The number of rotatable bonds is 5. The van der Waals surface area contributed by atoms with Crippen LogP contribution in [0.2, 0.25) is 0 Å². The molecule has 0 spiro atoms. The van der Waals surface area contributed by atoms with Gasteiger partial charge in [0.05, 0.1) is 12.7 Å². The van der Waals surface area contributed by atoms with Crippen LogP contribution in [0.5, 0.6) is 5.75 Å². The van der Waals surface area contributed by atoms with Gasteiger partial charge < -0.3 is 14.5 Å². The fraction of sp³-hybridized carbons (Fsp3) is 0.158. The Morgan fingerprint density at radius 3 is 2.67 bits per heavy atom. The topological polar surface area (TPSA) is 68.4 Å². The molecule has 0 aliphatic rings. The second kappa shape index (κ2) is 6.58. The summed E-state index contributed by atoms with van der Waals surface area (Å²) in [5.41, 5.74) is 2.56. The molecule has 3 rings (SSSR count). The molecule has 0 bridgehead atoms. The number of ketones is 1. The summed E-state index contributed by atoms with van der Waals surface area (Å²) in [5.74, 6) is 0.0938. The molecule has 0 saturated heterocycles. The van der Waals surface area contributed by atoms with Gasteiger partial charge in [0.1, 0.15) is 12.4 Å². The molecule has 5 nitrogen and oxygen atoms in total. The van der Waals surface area contributed by atoms with Crippen molar-refractivity contribution < 1.29 is 19.1 Å². The van der Waals surface area contributed by atoms with Crippen molar-refractivity contribution in [3.05, 3.63) is 65.4 Å². The molecular formula is C19H17NO4. The van der Waals surface area contributed by atoms with E-state index in [1.54, 1.807) is 24.4 Å². The minimum Gasteiger partial charge on any atom is -0.496 e. The molecule has 0 aliphatic carbocycles. The number of carbonyl (C=O) groups excluding carboxylic acids is 2.